The van der Waals surface area contributed by atoms with Gasteiger partial charge in [0.15, 0.2) is 5.82 Å². The fraction of sp³-hybridized carbons (Fsp3) is 0.409. The summed E-state index contributed by atoms with van der Waals surface area (Å²) in [6.07, 6.45) is 2.20. The van der Waals surface area contributed by atoms with Gasteiger partial charge < -0.3 is 10.3 Å². The Morgan fingerprint density at radius 2 is 2.00 bits per heavy atom. The van der Waals surface area contributed by atoms with Crippen LogP contribution in [0.5, 0.6) is 0 Å². The van der Waals surface area contributed by atoms with E-state index in [1.807, 2.05) is 42.7 Å². The Bertz CT molecular complexity index is 1160. The number of aryl methyl sites for hydroxylation is 1. The number of aromatic nitrogens is 5. The van der Waals surface area contributed by atoms with Crippen LogP contribution in [0.25, 0.3) is 11.5 Å². The molecule has 0 spiro atoms. The van der Waals surface area contributed by atoms with Gasteiger partial charge in [0.1, 0.15) is 17.3 Å². The van der Waals surface area contributed by atoms with Crippen molar-refractivity contribution < 1.29 is 4.79 Å². The maximum Gasteiger partial charge on any atom is 0.260 e. The number of hydrogen-bond donors (Lipinski definition) is 1. The Kier molecular flexibility index (Phi) is 4.21. The van der Waals surface area contributed by atoms with E-state index in [1.54, 1.807) is 4.90 Å². The maximum absolute atomic E-state index is 13.3. The monoisotopic (exact) mass is 403 g/mol. The predicted octanol–water partition coefficient (Wildman–Crippen LogP) is 2.73. The molecule has 1 amide bonds. The van der Waals surface area contributed by atoms with Crippen molar-refractivity contribution in [3.05, 3.63) is 52.6 Å². The van der Waals surface area contributed by atoms with Gasteiger partial charge in [-0.1, -0.05) is 13.0 Å². The number of amides is 1. The molecule has 5 rings (SSSR count). The summed E-state index contributed by atoms with van der Waals surface area (Å²) in [4.78, 5) is 24.6. The van der Waals surface area contributed by atoms with Crippen LogP contribution in [0.1, 0.15) is 59.8 Å². The Labute approximate surface area is 175 Å². The summed E-state index contributed by atoms with van der Waals surface area (Å²) in [6.45, 7) is 7.66. The van der Waals surface area contributed by atoms with Crippen LogP contribution in [0, 0.1) is 6.92 Å². The first-order chi connectivity index (χ1) is 14.4. The lowest BCUT2D eigenvalue weighted by Gasteiger charge is -2.15. The van der Waals surface area contributed by atoms with Crippen LogP contribution in [-0.4, -0.2) is 30.6 Å². The van der Waals surface area contributed by atoms with Crippen LogP contribution < -0.4 is 10.6 Å². The van der Waals surface area contributed by atoms with Crippen molar-refractivity contribution in [3.63, 3.8) is 0 Å². The summed E-state index contributed by atoms with van der Waals surface area (Å²) in [7, 11) is 0. The van der Waals surface area contributed by atoms with Crippen molar-refractivity contribution >= 4 is 11.7 Å². The van der Waals surface area contributed by atoms with E-state index in [2.05, 4.69) is 17.1 Å². The third-order valence-corrected chi connectivity index (χ3v) is 6.31. The van der Waals surface area contributed by atoms with Gasteiger partial charge in [0.25, 0.3) is 5.91 Å². The van der Waals surface area contributed by atoms with Crippen molar-refractivity contribution in [2.24, 2.45) is 5.73 Å². The zero-order valence-corrected chi connectivity index (χ0v) is 17.5. The number of hydrogen-bond acceptors (Lipinski definition) is 6. The molecule has 0 bridgehead atoms. The van der Waals surface area contributed by atoms with Gasteiger partial charge in [-0.25, -0.2) is 4.98 Å². The molecule has 8 heteroatoms. The summed E-state index contributed by atoms with van der Waals surface area (Å²) in [5.41, 5.74) is 10.2. The number of nitrogens with two attached hydrogens (primary N) is 1. The van der Waals surface area contributed by atoms with Gasteiger partial charge in [0, 0.05) is 35.3 Å². The molecule has 0 unspecified atom stereocenters. The predicted molar refractivity (Wildman–Crippen MR) is 113 cm³/mol. The maximum atomic E-state index is 13.3. The highest BCUT2D eigenvalue weighted by Crippen LogP contribution is 2.47. The summed E-state index contributed by atoms with van der Waals surface area (Å²) >= 11 is 0. The van der Waals surface area contributed by atoms with Crippen LogP contribution >= 0.6 is 0 Å². The van der Waals surface area contributed by atoms with Gasteiger partial charge in [-0.05, 0) is 44.9 Å². The molecule has 2 aliphatic rings. The van der Waals surface area contributed by atoms with Crippen molar-refractivity contribution in [3.8, 4) is 11.5 Å². The molecule has 0 atom stereocenters. The number of anilines is 1. The molecule has 0 saturated heterocycles. The third-order valence-electron chi connectivity index (χ3n) is 6.31. The molecular weight excluding hydrogens is 378 g/mol. The van der Waals surface area contributed by atoms with E-state index >= 15 is 0 Å². The van der Waals surface area contributed by atoms with Crippen molar-refractivity contribution in [1.29, 1.82) is 0 Å². The topological polar surface area (TPSA) is 103 Å². The average molecular weight is 403 g/mol. The summed E-state index contributed by atoms with van der Waals surface area (Å²) < 4.78 is 2.01. The molecule has 8 nitrogen and oxygen atoms in total. The number of pyridine rings is 2. The van der Waals surface area contributed by atoms with Crippen molar-refractivity contribution in [2.75, 3.05) is 4.90 Å². The zero-order chi connectivity index (χ0) is 21.0. The normalized spacial score (nSPS) is 16.8. The molecule has 0 aromatic carbocycles. The van der Waals surface area contributed by atoms with Gasteiger partial charge in [0.2, 0.25) is 0 Å². The van der Waals surface area contributed by atoms with Crippen LogP contribution in [0.2, 0.25) is 0 Å². The van der Waals surface area contributed by atoms with E-state index in [4.69, 9.17) is 15.7 Å². The molecule has 154 valence electrons. The molecule has 4 heterocycles. The van der Waals surface area contributed by atoms with Gasteiger partial charge in [-0.15, -0.1) is 10.2 Å². The molecule has 1 aliphatic carbocycles. The summed E-state index contributed by atoms with van der Waals surface area (Å²) in [5.74, 6) is 2.09. The van der Waals surface area contributed by atoms with Gasteiger partial charge >= 0.3 is 0 Å². The van der Waals surface area contributed by atoms with Crippen LogP contribution in [0.3, 0.4) is 0 Å². The van der Waals surface area contributed by atoms with Crippen LogP contribution in [0.15, 0.2) is 24.3 Å². The molecule has 3 aromatic heterocycles. The number of nitrogens with zero attached hydrogens (tertiary/aromatic N) is 6. The highest BCUT2D eigenvalue weighted by atomic mass is 16.2. The Morgan fingerprint density at radius 1 is 1.20 bits per heavy atom. The lowest BCUT2D eigenvalue weighted by molar-refractivity contribution is 0.0996. The lowest BCUT2D eigenvalue weighted by Crippen LogP contribution is -2.24. The number of carbonyl (C=O) groups excluding carboxylic acids is 1. The highest BCUT2D eigenvalue weighted by molar-refractivity contribution is 6.09. The first kappa shape index (κ1) is 18.9. The Balaban J connectivity index is 1.53. The highest BCUT2D eigenvalue weighted by Gasteiger charge is 2.43. The van der Waals surface area contributed by atoms with Crippen LogP contribution in [0.4, 0.5) is 5.82 Å². The second-order valence-corrected chi connectivity index (χ2v) is 8.33. The Morgan fingerprint density at radius 3 is 2.70 bits per heavy atom. The SMILES string of the molecule is CCn1c(C)nnc1-c1cccc(N2Cc3c(cc(C4(C)CC4)nc3CN)C2=O)n1. The van der Waals surface area contributed by atoms with Crippen molar-refractivity contribution in [1.82, 2.24) is 24.7 Å². The fourth-order valence-corrected chi connectivity index (χ4v) is 4.12. The largest absolute Gasteiger partial charge is 0.325 e. The fourth-order valence-electron chi connectivity index (χ4n) is 4.12. The standard InChI is InChI=1S/C22H25N7O/c1-4-28-13(2)26-27-20(28)16-6-5-7-19(25-16)29-12-15-14(21(29)30)10-18(22(3)8-9-22)24-17(15)11-23/h5-7,10H,4,8-9,11-12,23H2,1-3H3. The lowest BCUT2D eigenvalue weighted by atomic mass is 9.99. The van der Waals surface area contributed by atoms with E-state index in [0.29, 0.717) is 36.0 Å². The average Bonchev–Trinajstić information content (AvgIpc) is 3.27. The van der Waals surface area contributed by atoms with E-state index < -0.39 is 0 Å². The van der Waals surface area contributed by atoms with E-state index in [1.165, 1.54) is 0 Å². The molecule has 1 saturated carbocycles. The van der Waals surface area contributed by atoms with Gasteiger partial charge in [-0.2, -0.15) is 0 Å². The number of fused-ring (bicyclic) bond motifs is 1. The minimum absolute atomic E-state index is 0.0506. The molecule has 0 radical (unpaired) electrons. The second-order valence-electron chi connectivity index (χ2n) is 8.33. The second kappa shape index (κ2) is 6.70. The molecule has 1 fully saturated rings. The Hall–Kier alpha value is -3.13. The molecular formula is C22H25N7O. The first-order valence-electron chi connectivity index (χ1n) is 10.4. The quantitative estimate of drug-likeness (QED) is 0.703. The van der Waals surface area contributed by atoms with E-state index in [-0.39, 0.29) is 11.3 Å². The number of rotatable bonds is 5. The summed E-state index contributed by atoms with van der Waals surface area (Å²) in [6, 6.07) is 7.61. The minimum atomic E-state index is -0.0506. The number of carbonyl (C=O) groups is 1. The zero-order valence-electron chi connectivity index (χ0n) is 17.5. The van der Waals surface area contributed by atoms with Gasteiger partial charge in [0.05, 0.1) is 12.2 Å². The molecule has 1 aliphatic heterocycles. The third kappa shape index (κ3) is 2.82. The first-order valence-corrected chi connectivity index (χ1v) is 10.4. The van der Waals surface area contributed by atoms with E-state index in [0.717, 1.165) is 42.2 Å². The smallest absolute Gasteiger partial charge is 0.260 e. The van der Waals surface area contributed by atoms with E-state index in [9.17, 15) is 4.79 Å². The molecule has 30 heavy (non-hydrogen) atoms. The van der Waals surface area contributed by atoms with Crippen LogP contribution in [-0.2, 0) is 25.0 Å². The van der Waals surface area contributed by atoms with Gasteiger partial charge in [-0.3, -0.25) is 14.7 Å². The molecule has 2 N–H and O–H groups in total. The van der Waals surface area contributed by atoms with Crippen molar-refractivity contribution in [2.45, 2.75) is 58.7 Å². The summed E-state index contributed by atoms with van der Waals surface area (Å²) in [5, 5.41) is 8.45. The minimum Gasteiger partial charge on any atom is -0.325 e. The molecule has 3 aromatic rings.